The summed E-state index contributed by atoms with van der Waals surface area (Å²) in [5.74, 6) is 0.716. The fraction of sp³-hybridized carbons (Fsp3) is 0.789. The Balaban J connectivity index is 2.23. The van der Waals surface area contributed by atoms with E-state index in [4.69, 9.17) is 15.2 Å². The highest BCUT2D eigenvalue weighted by Gasteiger charge is 2.18. The van der Waals surface area contributed by atoms with E-state index in [1.807, 2.05) is 6.92 Å². The zero-order chi connectivity index (χ0) is 16.4. The van der Waals surface area contributed by atoms with Crippen molar-refractivity contribution in [1.29, 1.82) is 0 Å². The van der Waals surface area contributed by atoms with Gasteiger partial charge in [0.2, 0.25) is 0 Å². The molecule has 3 heteroatoms. The Morgan fingerprint density at radius 3 is 2.77 bits per heavy atom. The minimum Gasteiger partial charge on any atom is -0.385 e. The second-order valence-corrected chi connectivity index (χ2v) is 6.74. The summed E-state index contributed by atoms with van der Waals surface area (Å²) in [5, 5.41) is 0. The maximum atomic E-state index is 6.15. The topological polar surface area (TPSA) is 44.5 Å². The van der Waals surface area contributed by atoms with Gasteiger partial charge in [0.25, 0.3) is 0 Å². The Hall–Kier alpha value is -0.640. The Morgan fingerprint density at radius 2 is 2.14 bits per heavy atom. The van der Waals surface area contributed by atoms with Gasteiger partial charge in [0.1, 0.15) is 0 Å². The third-order valence-corrected chi connectivity index (χ3v) is 4.47. The summed E-state index contributed by atoms with van der Waals surface area (Å²) in [6.07, 6.45) is 10.2. The maximum absolute atomic E-state index is 6.15. The molecule has 0 spiro atoms. The molecule has 1 rings (SSSR count). The molecule has 2 N–H and O–H groups in total. The standard InChI is InChI=1S/C19H35NO2/c1-5-16(8-10-21-4)9-11-22-19-7-6-17(14-19)13-18(20)12-15(2)3/h14,16,18-19H,2,5-13,20H2,1,3-4H3/t16?,18-,19?/m0/s1. The lowest BCUT2D eigenvalue weighted by atomic mass is 9.99. The van der Waals surface area contributed by atoms with E-state index < -0.39 is 0 Å². The van der Waals surface area contributed by atoms with Crippen molar-refractivity contribution in [3.63, 3.8) is 0 Å². The zero-order valence-corrected chi connectivity index (χ0v) is 14.8. The molecule has 0 aromatic heterocycles. The SMILES string of the molecule is C=C(C)C[C@H](N)CC1=CC(OCCC(CC)CCOC)CC1. The molecule has 3 nitrogen and oxygen atoms in total. The molecule has 0 radical (unpaired) electrons. The molecule has 0 fully saturated rings. The highest BCUT2D eigenvalue weighted by atomic mass is 16.5. The number of methoxy groups -OCH3 is 1. The van der Waals surface area contributed by atoms with Gasteiger partial charge in [-0.2, -0.15) is 0 Å². The van der Waals surface area contributed by atoms with Crippen LogP contribution in [0.15, 0.2) is 23.8 Å². The van der Waals surface area contributed by atoms with E-state index in [1.54, 1.807) is 7.11 Å². The molecule has 2 unspecified atom stereocenters. The van der Waals surface area contributed by atoms with Crippen LogP contribution in [0.4, 0.5) is 0 Å². The molecule has 128 valence electrons. The molecule has 0 aromatic rings. The minimum absolute atomic E-state index is 0.209. The number of rotatable bonds is 12. The van der Waals surface area contributed by atoms with Crippen molar-refractivity contribution >= 4 is 0 Å². The van der Waals surface area contributed by atoms with Crippen molar-refractivity contribution in [3.8, 4) is 0 Å². The molecular weight excluding hydrogens is 274 g/mol. The van der Waals surface area contributed by atoms with Crippen LogP contribution < -0.4 is 5.73 Å². The summed E-state index contributed by atoms with van der Waals surface area (Å²) in [6, 6.07) is 0.209. The monoisotopic (exact) mass is 309 g/mol. The molecule has 3 atom stereocenters. The molecule has 0 aromatic carbocycles. The van der Waals surface area contributed by atoms with E-state index in [0.717, 1.165) is 51.7 Å². The Labute approximate surface area is 136 Å². The minimum atomic E-state index is 0.209. The van der Waals surface area contributed by atoms with Crippen LogP contribution in [0.5, 0.6) is 0 Å². The fourth-order valence-electron chi connectivity index (χ4n) is 3.14. The molecule has 22 heavy (non-hydrogen) atoms. The van der Waals surface area contributed by atoms with Crippen LogP contribution >= 0.6 is 0 Å². The average Bonchev–Trinajstić information content (AvgIpc) is 2.89. The van der Waals surface area contributed by atoms with E-state index in [1.165, 1.54) is 17.6 Å². The van der Waals surface area contributed by atoms with Gasteiger partial charge in [0.15, 0.2) is 0 Å². The lowest BCUT2D eigenvalue weighted by Gasteiger charge is -2.16. The summed E-state index contributed by atoms with van der Waals surface area (Å²) in [6.45, 7) is 9.94. The molecule has 0 aliphatic heterocycles. The van der Waals surface area contributed by atoms with E-state index in [-0.39, 0.29) is 6.04 Å². The average molecular weight is 309 g/mol. The molecular formula is C19H35NO2. The van der Waals surface area contributed by atoms with E-state index in [9.17, 15) is 0 Å². The van der Waals surface area contributed by atoms with Gasteiger partial charge in [0.05, 0.1) is 6.10 Å². The van der Waals surface area contributed by atoms with Gasteiger partial charge in [-0.3, -0.25) is 0 Å². The summed E-state index contributed by atoms with van der Waals surface area (Å²) in [4.78, 5) is 0. The maximum Gasteiger partial charge on any atom is 0.0761 e. The fourth-order valence-corrected chi connectivity index (χ4v) is 3.14. The first kappa shape index (κ1) is 19.4. The first-order chi connectivity index (χ1) is 10.5. The first-order valence-corrected chi connectivity index (χ1v) is 8.75. The quantitative estimate of drug-likeness (QED) is 0.549. The Bertz CT molecular complexity index is 351. The molecule has 0 heterocycles. The van der Waals surface area contributed by atoms with Crippen molar-refractivity contribution < 1.29 is 9.47 Å². The highest BCUT2D eigenvalue weighted by molar-refractivity contribution is 5.14. The number of hydrogen-bond donors (Lipinski definition) is 1. The Morgan fingerprint density at radius 1 is 1.41 bits per heavy atom. The second-order valence-electron chi connectivity index (χ2n) is 6.74. The third kappa shape index (κ3) is 8.11. The van der Waals surface area contributed by atoms with Gasteiger partial charge < -0.3 is 15.2 Å². The molecule has 0 bridgehead atoms. The first-order valence-electron chi connectivity index (χ1n) is 8.75. The molecule has 0 saturated carbocycles. The van der Waals surface area contributed by atoms with Gasteiger partial charge in [-0.05, 0) is 51.4 Å². The third-order valence-electron chi connectivity index (χ3n) is 4.47. The van der Waals surface area contributed by atoms with Gasteiger partial charge in [0, 0.05) is 26.4 Å². The predicted molar refractivity (Wildman–Crippen MR) is 94.0 cm³/mol. The van der Waals surface area contributed by atoms with Crippen molar-refractivity contribution in [2.45, 2.75) is 70.9 Å². The van der Waals surface area contributed by atoms with Gasteiger partial charge >= 0.3 is 0 Å². The van der Waals surface area contributed by atoms with Crippen molar-refractivity contribution in [2.75, 3.05) is 20.3 Å². The highest BCUT2D eigenvalue weighted by Crippen LogP contribution is 2.26. The van der Waals surface area contributed by atoms with Crippen LogP contribution in [0.3, 0.4) is 0 Å². The number of ether oxygens (including phenoxy) is 2. The Kier molecular flexibility index (Phi) is 9.69. The summed E-state index contributed by atoms with van der Waals surface area (Å²) >= 11 is 0. The van der Waals surface area contributed by atoms with Crippen LogP contribution in [0.2, 0.25) is 0 Å². The van der Waals surface area contributed by atoms with Gasteiger partial charge in [-0.15, -0.1) is 6.58 Å². The van der Waals surface area contributed by atoms with E-state index in [0.29, 0.717) is 12.0 Å². The van der Waals surface area contributed by atoms with E-state index in [2.05, 4.69) is 19.6 Å². The normalized spacial score (nSPS) is 20.7. The number of nitrogens with two attached hydrogens (primary N) is 1. The van der Waals surface area contributed by atoms with Crippen molar-refractivity contribution in [3.05, 3.63) is 23.8 Å². The van der Waals surface area contributed by atoms with Crippen molar-refractivity contribution in [2.24, 2.45) is 11.7 Å². The van der Waals surface area contributed by atoms with Gasteiger partial charge in [-0.25, -0.2) is 0 Å². The lowest BCUT2D eigenvalue weighted by Crippen LogP contribution is -2.20. The summed E-state index contributed by atoms with van der Waals surface area (Å²) < 4.78 is 11.2. The van der Waals surface area contributed by atoms with E-state index >= 15 is 0 Å². The zero-order valence-electron chi connectivity index (χ0n) is 14.8. The second kappa shape index (κ2) is 11.0. The lowest BCUT2D eigenvalue weighted by molar-refractivity contribution is 0.0695. The summed E-state index contributed by atoms with van der Waals surface area (Å²) in [7, 11) is 1.77. The predicted octanol–water partition coefficient (Wildman–Crippen LogP) is 4.23. The van der Waals surface area contributed by atoms with Crippen LogP contribution in [0, 0.1) is 5.92 Å². The van der Waals surface area contributed by atoms with Crippen LogP contribution in [0.1, 0.15) is 58.8 Å². The van der Waals surface area contributed by atoms with Crippen LogP contribution in [0.25, 0.3) is 0 Å². The van der Waals surface area contributed by atoms with Gasteiger partial charge in [-0.1, -0.05) is 30.6 Å². The summed E-state index contributed by atoms with van der Waals surface area (Å²) in [5.41, 5.74) is 8.78. The van der Waals surface area contributed by atoms with Crippen molar-refractivity contribution in [1.82, 2.24) is 0 Å². The molecule has 1 aliphatic rings. The molecule has 0 amide bonds. The van der Waals surface area contributed by atoms with Crippen LogP contribution in [-0.4, -0.2) is 32.5 Å². The number of hydrogen-bond acceptors (Lipinski definition) is 3. The molecule has 0 saturated heterocycles. The molecule has 1 aliphatic carbocycles. The smallest absolute Gasteiger partial charge is 0.0761 e. The largest absolute Gasteiger partial charge is 0.385 e. The van der Waals surface area contributed by atoms with Crippen LogP contribution in [-0.2, 0) is 9.47 Å².